The minimum atomic E-state index is -0.100. The van der Waals surface area contributed by atoms with Crippen molar-refractivity contribution in [1.82, 2.24) is 4.98 Å². The Morgan fingerprint density at radius 1 is 1.18 bits per heavy atom. The summed E-state index contributed by atoms with van der Waals surface area (Å²) in [7, 11) is 1.61. The molecule has 28 heavy (non-hydrogen) atoms. The van der Waals surface area contributed by atoms with Gasteiger partial charge in [0.2, 0.25) is 12.7 Å². The lowest BCUT2D eigenvalue weighted by atomic mass is 10.1. The topological polar surface area (TPSA) is 69.7 Å². The van der Waals surface area contributed by atoms with Gasteiger partial charge in [-0.3, -0.25) is 4.79 Å². The Labute approximate surface area is 167 Å². The van der Waals surface area contributed by atoms with Crippen LogP contribution in [0.2, 0.25) is 0 Å². The van der Waals surface area contributed by atoms with Crippen LogP contribution in [-0.2, 0) is 17.6 Å². The van der Waals surface area contributed by atoms with Gasteiger partial charge in [0.1, 0.15) is 5.75 Å². The number of anilines is 1. The van der Waals surface area contributed by atoms with E-state index >= 15 is 0 Å². The van der Waals surface area contributed by atoms with Crippen LogP contribution in [0.3, 0.4) is 0 Å². The molecule has 7 heteroatoms. The van der Waals surface area contributed by atoms with E-state index in [0.29, 0.717) is 5.13 Å². The molecule has 2 heterocycles. The highest BCUT2D eigenvalue weighted by atomic mass is 32.1. The van der Waals surface area contributed by atoms with Gasteiger partial charge in [-0.05, 0) is 42.3 Å². The standard InChI is InChI=1S/C21H20N2O4S/c1-13-19(10-15-6-7-17-18(9-15)27-12-26-17)28-21(22-13)23-20(24)11-14-4-3-5-16(8-14)25-2/h3-9H,10-12H2,1-2H3,(H,22,23,24). The number of hydrogen-bond acceptors (Lipinski definition) is 6. The van der Waals surface area contributed by atoms with Crippen LogP contribution in [0.1, 0.15) is 21.7 Å². The first kappa shape index (κ1) is 18.3. The summed E-state index contributed by atoms with van der Waals surface area (Å²) in [6.07, 6.45) is 0.999. The summed E-state index contributed by atoms with van der Waals surface area (Å²) in [5.74, 6) is 2.18. The summed E-state index contributed by atoms with van der Waals surface area (Å²) in [5, 5.41) is 3.51. The second-order valence-corrected chi connectivity index (χ2v) is 7.55. The SMILES string of the molecule is COc1cccc(CC(=O)Nc2nc(C)c(Cc3ccc4c(c3)OCO4)s2)c1. The van der Waals surface area contributed by atoms with E-state index in [1.807, 2.05) is 49.4 Å². The van der Waals surface area contributed by atoms with E-state index in [9.17, 15) is 4.79 Å². The van der Waals surface area contributed by atoms with E-state index in [0.717, 1.165) is 45.4 Å². The molecule has 1 amide bonds. The van der Waals surface area contributed by atoms with Crippen LogP contribution in [0.4, 0.5) is 5.13 Å². The van der Waals surface area contributed by atoms with E-state index in [1.165, 1.54) is 11.3 Å². The van der Waals surface area contributed by atoms with Crippen LogP contribution in [0.25, 0.3) is 0 Å². The molecule has 3 aromatic rings. The first-order chi connectivity index (χ1) is 13.6. The number of amides is 1. The molecule has 0 radical (unpaired) electrons. The van der Waals surface area contributed by atoms with Crippen LogP contribution < -0.4 is 19.5 Å². The number of hydrogen-bond donors (Lipinski definition) is 1. The Bertz CT molecular complexity index is 1020. The van der Waals surface area contributed by atoms with Crippen LogP contribution in [0, 0.1) is 6.92 Å². The summed E-state index contributed by atoms with van der Waals surface area (Å²) in [6, 6.07) is 13.4. The molecule has 0 saturated carbocycles. The molecule has 1 aliphatic heterocycles. The van der Waals surface area contributed by atoms with Crippen molar-refractivity contribution in [2.75, 3.05) is 19.2 Å². The van der Waals surface area contributed by atoms with Gasteiger partial charge in [0.15, 0.2) is 16.6 Å². The summed E-state index contributed by atoms with van der Waals surface area (Å²) >= 11 is 1.49. The second-order valence-electron chi connectivity index (χ2n) is 6.47. The number of aryl methyl sites for hydroxylation is 1. The monoisotopic (exact) mass is 396 g/mol. The van der Waals surface area contributed by atoms with Gasteiger partial charge in [-0.2, -0.15) is 0 Å². The Hall–Kier alpha value is -3.06. The number of methoxy groups -OCH3 is 1. The molecule has 4 rings (SSSR count). The Morgan fingerprint density at radius 3 is 2.89 bits per heavy atom. The lowest BCUT2D eigenvalue weighted by molar-refractivity contribution is -0.115. The maximum Gasteiger partial charge on any atom is 0.231 e. The minimum absolute atomic E-state index is 0.100. The lowest BCUT2D eigenvalue weighted by Crippen LogP contribution is -2.14. The molecule has 1 aromatic heterocycles. The van der Waals surface area contributed by atoms with Gasteiger partial charge in [0, 0.05) is 11.3 Å². The molecule has 0 atom stereocenters. The number of carbonyl (C=O) groups is 1. The summed E-state index contributed by atoms with van der Waals surface area (Å²) < 4.78 is 16.0. The summed E-state index contributed by atoms with van der Waals surface area (Å²) in [6.45, 7) is 2.22. The van der Waals surface area contributed by atoms with Crippen LogP contribution >= 0.6 is 11.3 Å². The summed E-state index contributed by atoms with van der Waals surface area (Å²) in [4.78, 5) is 18.0. The van der Waals surface area contributed by atoms with Gasteiger partial charge in [0.05, 0.1) is 19.2 Å². The number of ether oxygens (including phenoxy) is 3. The minimum Gasteiger partial charge on any atom is -0.497 e. The van der Waals surface area contributed by atoms with Crippen molar-refractivity contribution in [2.45, 2.75) is 19.8 Å². The number of fused-ring (bicyclic) bond motifs is 1. The highest BCUT2D eigenvalue weighted by molar-refractivity contribution is 7.15. The molecule has 2 aromatic carbocycles. The van der Waals surface area contributed by atoms with E-state index in [4.69, 9.17) is 14.2 Å². The van der Waals surface area contributed by atoms with Gasteiger partial charge < -0.3 is 19.5 Å². The molecule has 0 saturated heterocycles. The van der Waals surface area contributed by atoms with Crippen molar-refractivity contribution in [2.24, 2.45) is 0 Å². The highest BCUT2D eigenvalue weighted by Gasteiger charge is 2.16. The third-order valence-electron chi connectivity index (χ3n) is 4.44. The number of carbonyl (C=O) groups excluding carboxylic acids is 1. The quantitative estimate of drug-likeness (QED) is 0.683. The fourth-order valence-corrected chi connectivity index (χ4v) is 4.03. The van der Waals surface area contributed by atoms with Crippen molar-refractivity contribution in [3.8, 4) is 17.2 Å². The largest absolute Gasteiger partial charge is 0.497 e. The first-order valence-corrected chi connectivity index (χ1v) is 9.70. The average Bonchev–Trinajstić information content (AvgIpc) is 3.28. The van der Waals surface area contributed by atoms with E-state index in [1.54, 1.807) is 7.11 Å². The smallest absolute Gasteiger partial charge is 0.231 e. The van der Waals surface area contributed by atoms with Gasteiger partial charge in [-0.1, -0.05) is 18.2 Å². The number of nitrogens with one attached hydrogen (secondary N) is 1. The zero-order valence-electron chi connectivity index (χ0n) is 15.7. The normalized spacial score (nSPS) is 12.1. The molecular weight excluding hydrogens is 376 g/mol. The van der Waals surface area contributed by atoms with E-state index in [-0.39, 0.29) is 19.1 Å². The van der Waals surface area contributed by atoms with E-state index in [2.05, 4.69) is 10.3 Å². The van der Waals surface area contributed by atoms with Crippen LogP contribution in [0.5, 0.6) is 17.2 Å². The number of benzene rings is 2. The fourth-order valence-electron chi connectivity index (χ4n) is 3.01. The maximum absolute atomic E-state index is 12.4. The molecule has 0 unspecified atom stereocenters. The summed E-state index contributed by atoms with van der Waals surface area (Å²) in [5.41, 5.74) is 2.93. The van der Waals surface area contributed by atoms with Crippen LogP contribution in [0.15, 0.2) is 42.5 Å². The molecule has 0 fully saturated rings. The number of aromatic nitrogens is 1. The average molecular weight is 396 g/mol. The van der Waals surface area contributed by atoms with Crippen molar-refractivity contribution in [3.05, 3.63) is 64.2 Å². The Morgan fingerprint density at radius 2 is 2.04 bits per heavy atom. The van der Waals surface area contributed by atoms with E-state index < -0.39 is 0 Å². The molecule has 1 aliphatic rings. The van der Waals surface area contributed by atoms with Gasteiger partial charge in [-0.15, -0.1) is 11.3 Å². The Kier molecular flexibility index (Phi) is 5.16. The number of thiazole rings is 1. The Balaban J connectivity index is 1.41. The third-order valence-corrected chi connectivity index (χ3v) is 5.51. The van der Waals surface area contributed by atoms with Crippen molar-refractivity contribution >= 4 is 22.4 Å². The molecule has 0 spiro atoms. The third kappa shape index (κ3) is 4.09. The molecule has 6 nitrogen and oxygen atoms in total. The van der Waals surface area contributed by atoms with Crippen molar-refractivity contribution in [3.63, 3.8) is 0 Å². The van der Waals surface area contributed by atoms with Gasteiger partial charge in [0.25, 0.3) is 0 Å². The zero-order chi connectivity index (χ0) is 19.5. The molecule has 0 bridgehead atoms. The van der Waals surface area contributed by atoms with Gasteiger partial charge >= 0.3 is 0 Å². The highest BCUT2D eigenvalue weighted by Crippen LogP contribution is 2.34. The maximum atomic E-state index is 12.4. The zero-order valence-corrected chi connectivity index (χ0v) is 16.5. The van der Waals surface area contributed by atoms with Crippen molar-refractivity contribution < 1.29 is 19.0 Å². The second kappa shape index (κ2) is 7.90. The first-order valence-electron chi connectivity index (χ1n) is 8.88. The predicted octanol–water partition coefficient (Wildman–Crippen LogP) is 3.96. The van der Waals surface area contributed by atoms with Crippen molar-refractivity contribution in [1.29, 1.82) is 0 Å². The lowest BCUT2D eigenvalue weighted by Gasteiger charge is -2.04. The number of nitrogens with zero attached hydrogens (tertiary/aromatic N) is 1. The van der Waals surface area contributed by atoms with Crippen LogP contribution in [-0.4, -0.2) is 24.8 Å². The predicted molar refractivity (Wildman–Crippen MR) is 108 cm³/mol. The molecule has 144 valence electrons. The number of rotatable bonds is 6. The molecule has 1 N–H and O–H groups in total. The molecular formula is C21H20N2O4S. The van der Waals surface area contributed by atoms with Gasteiger partial charge in [-0.25, -0.2) is 4.98 Å². The fraction of sp³-hybridized carbons (Fsp3) is 0.238. The molecule has 0 aliphatic carbocycles.